The lowest BCUT2D eigenvalue weighted by Crippen LogP contribution is -2.15. The summed E-state index contributed by atoms with van der Waals surface area (Å²) in [4.78, 5) is 0. The summed E-state index contributed by atoms with van der Waals surface area (Å²) in [5, 5.41) is 0. The van der Waals surface area contributed by atoms with Crippen LogP contribution in [-0.2, 0) is 15.8 Å². The quantitative estimate of drug-likeness (QED) is 0.932. The van der Waals surface area contributed by atoms with Crippen molar-refractivity contribution in [3.63, 3.8) is 0 Å². The molecule has 1 aliphatic rings. The van der Waals surface area contributed by atoms with Crippen LogP contribution in [0.2, 0.25) is 0 Å². The summed E-state index contributed by atoms with van der Waals surface area (Å²) in [6.07, 6.45) is 0.778. The van der Waals surface area contributed by atoms with Gasteiger partial charge in [-0.05, 0) is 29.8 Å². The highest BCUT2D eigenvalue weighted by molar-refractivity contribution is 7.91. The van der Waals surface area contributed by atoms with Gasteiger partial charge in [0.2, 0.25) is 10.0 Å². The van der Waals surface area contributed by atoms with E-state index in [4.69, 9.17) is 9.47 Å². The Bertz CT molecular complexity index is 790. The van der Waals surface area contributed by atoms with Crippen LogP contribution in [0, 0.1) is 5.82 Å². The Balaban J connectivity index is 1.75. The molecule has 0 unspecified atom stereocenters. The van der Waals surface area contributed by atoms with Gasteiger partial charge in [-0.3, -0.25) is 4.72 Å². The smallest absolute Gasteiger partial charge is 0.236 e. The van der Waals surface area contributed by atoms with E-state index < -0.39 is 15.8 Å². The van der Waals surface area contributed by atoms with E-state index in [1.54, 1.807) is 18.2 Å². The largest absolute Gasteiger partial charge is 0.490 e. The second kappa shape index (κ2) is 6.45. The van der Waals surface area contributed by atoms with Gasteiger partial charge in [0, 0.05) is 12.5 Å². The van der Waals surface area contributed by atoms with Crippen LogP contribution in [0.3, 0.4) is 0 Å². The van der Waals surface area contributed by atoms with Crippen molar-refractivity contribution in [2.75, 3.05) is 17.9 Å². The molecule has 122 valence electrons. The Morgan fingerprint density at radius 1 is 1.00 bits per heavy atom. The molecule has 1 N–H and O–H groups in total. The number of benzene rings is 2. The summed E-state index contributed by atoms with van der Waals surface area (Å²) in [5.74, 6) is 0.484. The number of halogens is 1. The predicted molar refractivity (Wildman–Crippen MR) is 84.7 cm³/mol. The first-order valence-corrected chi connectivity index (χ1v) is 8.82. The number of sulfonamides is 1. The number of anilines is 1. The zero-order valence-electron chi connectivity index (χ0n) is 12.3. The van der Waals surface area contributed by atoms with Gasteiger partial charge in [0.05, 0.1) is 24.7 Å². The summed E-state index contributed by atoms with van der Waals surface area (Å²) in [6.45, 7) is 1.10. The zero-order valence-corrected chi connectivity index (χ0v) is 13.1. The topological polar surface area (TPSA) is 64.6 Å². The Morgan fingerprint density at radius 3 is 2.43 bits per heavy atom. The molecule has 0 spiro atoms. The summed E-state index contributed by atoms with van der Waals surface area (Å²) < 4.78 is 50.8. The Hall–Kier alpha value is -2.28. The maximum Gasteiger partial charge on any atom is 0.236 e. The monoisotopic (exact) mass is 337 g/mol. The fourth-order valence-electron chi connectivity index (χ4n) is 2.24. The number of hydrogen-bond acceptors (Lipinski definition) is 4. The van der Waals surface area contributed by atoms with Crippen LogP contribution < -0.4 is 14.2 Å². The normalized spacial score (nSPS) is 14.1. The van der Waals surface area contributed by atoms with Gasteiger partial charge in [-0.2, -0.15) is 0 Å². The van der Waals surface area contributed by atoms with E-state index >= 15 is 0 Å². The molecule has 3 rings (SSSR count). The third-order valence-electron chi connectivity index (χ3n) is 3.29. The minimum absolute atomic E-state index is 0.234. The molecule has 2 aromatic rings. The van der Waals surface area contributed by atoms with Gasteiger partial charge < -0.3 is 9.47 Å². The van der Waals surface area contributed by atoms with Crippen molar-refractivity contribution >= 4 is 15.7 Å². The molecule has 0 radical (unpaired) electrons. The second-order valence-electron chi connectivity index (χ2n) is 5.20. The lowest BCUT2D eigenvalue weighted by molar-refractivity contribution is 0.297. The zero-order chi connectivity index (χ0) is 16.3. The van der Waals surface area contributed by atoms with E-state index in [1.165, 1.54) is 24.3 Å². The van der Waals surface area contributed by atoms with Gasteiger partial charge in [-0.25, -0.2) is 12.8 Å². The summed E-state index contributed by atoms with van der Waals surface area (Å²) >= 11 is 0. The molecule has 0 saturated heterocycles. The average Bonchev–Trinajstić information content (AvgIpc) is 2.74. The third kappa shape index (κ3) is 4.13. The molecule has 0 atom stereocenters. The lowest BCUT2D eigenvalue weighted by atomic mass is 10.2. The van der Waals surface area contributed by atoms with Crippen molar-refractivity contribution in [3.8, 4) is 11.5 Å². The van der Waals surface area contributed by atoms with Crippen LogP contribution in [-0.4, -0.2) is 21.6 Å². The summed E-state index contributed by atoms with van der Waals surface area (Å²) in [5.41, 5.74) is 0.907. The number of fused-ring (bicyclic) bond motifs is 1. The molecule has 23 heavy (non-hydrogen) atoms. The molecule has 1 aliphatic heterocycles. The minimum atomic E-state index is -3.61. The van der Waals surface area contributed by atoms with E-state index in [1.807, 2.05) is 0 Å². The van der Waals surface area contributed by atoms with Crippen LogP contribution in [0.15, 0.2) is 42.5 Å². The summed E-state index contributed by atoms with van der Waals surface area (Å²) in [6, 6.07) is 10.3. The predicted octanol–water partition coefficient (Wildman–Crippen LogP) is 2.93. The molecular weight excluding hydrogens is 321 g/mol. The SMILES string of the molecule is O=S(=O)(Cc1ccc(F)cc1)Nc1ccc2c(c1)OCCCO2. The van der Waals surface area contributed by atoms with Crippen molar-refractivity contribution in [2.45, 2.75) is 12.2 Å². The molecule has 5 nitrogen and oxygen atoms in total. The number of hydrogen-bond donors (Lipinski definition) is 1. The van der Waals surface area contributed by atoms with Crippen LogP contribution in [0.4, 0.5) is 10.1 Å². The van der Waals surface area contributed by atoms with E-state index in [-0.39, 0.29) is 5.75 Å². The fourth-order valence-corrected chi connectivity index (χ4v) is 3.43. The van der Waals surface area contributed by atoms with Crippen LogP contribution in [0.1, 0.15) is 12.0 Å². The van der Waals surface area contributed by atoms with Gasteiger partial charge in [-0.1, -0.05) is 12.1 Å². The van der Waals surface area contributed by atoms with E-state index in [2.05, 4.69) is 4.72 Å². The van der Waals surface area contributed by atoms with Gasteiger partial charge in [0.15, 0.2) is 11.5 Å². The molecule has 0 amide bonds. The minimum Gasteiger partial charge on any atom is -0.490 e. The highest BCUT2D eigenvalue weighted by atomic mass is 32.2. The Kier molecular flexibility index (Phi) is 4.38. The van der Waals surface area contributed by atoms with E-state index in [0.29, 0.717) is 36.0 Å². The highest BCUT2D eigenvalue weighted by Crippen LogP contribution is 2.32. The first-order valence-electron chi connectivity index (χ1n) is 7.16. The number of rotatable bonds is 4. The van der Waals surface area contributed by atoms with Crippen molar-refractivity contribution in [1.29, 1.82) is 0 Å². The first kappa shape index (κ1) is 15.6. The van der Waals surface area contributed by atoms with Crippen molar-refractivity contribution < 1.29 is 22.3 Å². The maximum atomic E-state index is 12.9. The molecule has 0 saturated carbocycles. The van der Waals surface area contributed by atoms with Crippen molar-refractivity contribution in [1.82, 2.24) is 0 Å². The molecule has 0 aliphatic carbocycles. The van der Waals surface area contributed by atoms with Gasteiger partial charge in [-0.15, -0.1) is 0 Å². The maximum absolute atomic E-state index is 12.9. The van der Waals surface area contributed by atoms with Crippen molar-refractivity contribution in [3.05, 3.63) is 53.8 Å². The molecule has 1 heterocycles. The van der Waals surface area contributed by atoms with E-state index in [9.17, 15) is 12.8 Å². The standard InChI is InChI=1S/C16H16FNO4S/c17-13-4-2-12(3-5-13)11-23(19,20)18-14-6-7-15-16(10-14)22-9-1-8-21-15/h2-7,10,18H,1,8-9,11H2. The number of nitrogens with one attached hydrogen (secondary N) is 1. The van der Waals surface area contributed by atoms with Gasteiger partial charge in [0.25, 0.3) is 0 Å². The summed E-state index contributed by atoms with van der Waals surface area (Å²) in [7, 11) is -3.61. The first-order chi connectivity index (χ1) is 11.0. The molecule has 0 fully saturated rings. The molecule has 7 heteroatoms. The number of ether oxygens (including phenoxy) is 2. The molecular formula is C16H16FNO4S. The molecule has 0 bridgehead atoms. The highest BCUT2D eigenvalue weighted by Gasteiger charge is 2.15. The third-order valence-corrected chi connectivity index (χ3v) is 4.55. The van der Waals surface area contributed by atoms with E-state index in [0.717, 1.165) is 6.42 Å². The molecule has 0 aromatic heterocycles. The van der Waals surface area contributed by atoms with Gasteiger partial charge >= 0.3 is 0 Å². The Morgan fingerprint density at radius 2 is 1.70 bits per heavy atom. The second-order valence-corrected chi connectivity index (χ2v) is 6.92. The van der Waals surface area contributed by atoms with Crippen LogP contribution in [0.5, 0.6) is 11.5 Å². The molecule has 2 aromatic carbocycles. The van der Waals surface area contributed by atoms with Crippen LogP contribution in [0.25, 0.3) is 0 Å². The average molecular weight is 337 g/mol. The fraction of sp³-hybridized carbons (Fsp3) is 0.250. The lowest BCUT2D eigenvalue weighted by Gasteiger charge is -2.11. The van der Waals surface area contributed by atoms with Crippen molar-refractivity contribution in [2.24, 2.45) is 0 Å². The Labute approximate surface area is 134 Å². The van der Waals surface area contributed by atoms with Gasteiger partial charge in [0.1, 0.15) is 5.82 Å². The van der Waals surface area contributed by atoms with Crippen LogP contribution >= 0.6 is 0 Å².